The minimum atomic E-state index is -0.696. The van der Waals surface area contributed by atoms with Gasteiger partial charge in [0.2, 0.25) is 5.75 Å². The molecule has 1 heterocycles. The number of ether oxygens (including phenoxy) is 2. The van der Waals surface area contributed by atoms with Crippen LogP contribution in [-0.4, -0.2) is 35.1 Å². The molecule has 1 saturated heterocycles. The SMILES string of the molecule is COc1cc(C=C2C(=O)NC(=S)NC2=O)cc([N+](=O)[O-])c1OC(C)C. The second-order valence-electron chi connectivity index (χ2n) is 5.29. The number of carbonyl (C=O) groups excluding carboxylic acids is 2. The molecule has 0 spiro atoms. The average Bonchev–Trinajstić information content (AvgIpc) is 2.50. The molecular weight excluding hydrogens is 350 g/mol. The Kier molecular flexibility index (Phi) is 5.32. The third-order valence-corrected chi connectivity index (χ3v) is 3.29. The van der Waals surface area contributed by atoms with Gasteiger partial charge in [0, 0.05) is 6.07 Å². The lowest BCUT2D eigenvalue weighted by Crippen LogP contribution is -2.51. The summed E-state index contributed by atoms with van der Waals surface area (Å²) in [6.07, 6.45) is 0.897. The summed E-state index contributed by atoms with van der Waals surface area (Å²) < 4.78 is 10.6. The van der Waals surface area contributed by atoms with Crippen molar-refractivity contribution < 1.29 is 24.0 Å². The van der Waals surface area contributed by atoms with Crippen molar-refractivity contribution in [1.82, 2.24) is 10.6 Å². The van der Waals surface area contributed by atoms with Gasteiger partial charge in [-0.1, -0.05) is 0 Å². The largest absolute Gasteiger partial charge is 0.493 e. The van der Waals surface area contributed by atoms with Crippen LogP contribution in [0.5, 0.6) is 11.5 Å². The minimum absolute atomic E-state index is 0.0247. The molecule has 0 unspecified atom stereocenters. The summed E-state index contributed by atoms with van der Waals surface area (Å²) in [6.45, 7) is 3.44. The van der Waals surface area contributed by atoms with E-state index in [9.17, 15) is 19.7 Å². The van der Waals surface area contributed by atoms with E-state index in [1.54, 1.807) is 13.8 Å². The van der Waals surface area contributed by atoms with E-state index in [1.165, 1.54) is 25.3 Å². The quantitative estimate of drug-likeness (QED) is 0.265. The lowest BCUT2D eigenvalue weighted by atomic mass is 10.1. The minimum Gasteiger partial charge on any atom is -0.493 e. The van der Waals surface area contributed by atoms with Crippen LogP contribution in [0.1, 0.15) is 19.4 Å². The second kappa shape index (κ2) is 7.26. The third-order valence-electron chi connectivity index (χ3n) is 3.08. The lowest BCUT2D eigenvalue weighted by Gasteiger charge is -2.17. The maximum Gasteiger partial charge on any atom is 0.315 e. The number of benzene rings is 1. The van der Waals surface area contributed by atoms with Crippen LogP contribution in [0.2, 0.25) is 0 Å². The Morgan fingerprint density at radius 2 is 1.84 bits per heavy atom. The molecule has 0 radical (unpaired) electrons. The van der Waals surface area contributed by atoms with E-state index in [-0.39, 0.29) is 39.5 Å². The fourth-order valence-corrected chi connectivity index (χ4v) is 2.29. The van der Waals surface area contributed by atoms with Gasteiger partial charge >= 0.3 is 5.69 Å². The number of methoxy groups -OCH3 is 1. The Morgan fingerprint density at radius 3 is 2.32 bits per heavy atom. The Balaban J connectivity index is 2.56. The first-order valence-electron chi connectivity index (χ1n) is 7.14. The fraction of sp³-hybridized carbons (Fsp3) is 0.267. The summed E-state index contributed by atoms with van der Waals surface area (Å²) in [5, 5.41) is 15.8. The van der Waals surface area contributed by atoms with Gasteiger partial charge in [-0.05, 0) is 43.8 Å². The van der Waals surface area contributed by atoms with Gasteiger partial charge in [-0.25, -0.2) is 0 Å². The van der Waals surface area contributed by atoms with Gasteiger partial charge in [-0.15, -0.1) is 0 Å². The number of carbonyl (C=O) groups is 2. The molecule has 10 heteroatoms. The van der Waals surface area contributed by atoms with Gasteiger partial charge in [-0.2, -0.15) is 0 Å². The van der Waals surface area contributed by atoms with Crippen molar-refractivity contribution in [2.75, 3.05) is 7.11 Å². The lowest BCUT2D eigenvalue weighted by molar-refractivity contribution is -0.386. The smallest absolute Gasteiger partial charge is 0.315 e. The van der Waals surface area contributed by atoms with E-state index >= 15 is 0 Å². The van der Waals surface area contributed by atoms with E-state index < -0.39 is 16.7 Å². The predicted octanol–water partition coefficient (Wildman–Crippen LogP) is 1.30. The molecule has 0 aliphatic carbocycles. The molecule has 2 N–H and O–H groups in total. The number of nitro groups is 1. The molecule has 0 bridgehead atoms. The monoisotopic (exact) mass is 365 g/mol. The van der Waals surface area contributed by atoms with E-state index in [1.807, 2.05) is 0 Å². The molecule has 0 aromatic heterocycles. The van der Waals surface area contributed by atoms with Crippen LogP contribution in [0.25, 0.3) is 6.08 Å². The van der Waals surface area contributed by atoms with Crippen LogP contribution in [0.3, 0.4) is 0 Å². The van der Waals surface area contributed by atoms with Gasteiger partial charge < -0.3 is 9.47 Å². The molecule has 1 fully saturated rings. The van der Waals surface area contributed by atoms with Crippen LogP contribution < -0.4 is 20.1 Å². The average molecular weight is 365 g/mol. The summed E-state index contributed by atoms with van der Waals surface area (Å²) in [5.74, 6) is -1.30. The van der Waals surface area contributed by atoms with E-state index in [4.69, 9.17) is 21.7 Å². The Bertz CT molecular complexity index is 781. The van der Waals surface area contributed by atoms with E-state index in [0.717, 1.165) is 0 Å². The summed E-state index contributed by atoms with van der Waals surface area (Å²) in [6, 6.07) is 2.63. The third kappa shape index (κ3) is 4.10. The zero-order chi connectivity index (χ0) is 18.7. The topological polar surface area (TPSA) is 120 Å². The molecule has 1 aliphatic heterocycles. The molecule has 0 atom stereocenters. The molecule has 1 aliphatic rings. The molecule has 1 aromatic rings. The number of thiocarbonyl (C=S) groups is 1. The van der Waals surface area contributed by atoms with Gasteiger partial charge in [0.1, 0.15) is 5.57 Å². The molecule has 25 heavy (non-hydrogen) atoms. The number of hydrogen-bond acceptors (Lipinski definition) is 7. The second-order valence-corrected chi connectivity index (χ2v) is 5.70. The molecule has 1 aromatic carbocycles. The van der Waals surface area contributed by atoms with Gasteiger partial charge in [0.15, 0.2) is 10.9 Å². The number of nitrogens with zero attached hydrogens (tertiary/aromatic N) is 1. The fourth-order valence-electron chi connectivity index (χ4n) is 2.11. The number of rotatable bonds is 5. The molecular formula is C15H15N3O6S. The zero-order valence-corrected chi connectivity index (χ0v) is 14.4. The molecule has 132 valence electrons. The van der Waals surface area contributed by atoms with Crippen molar-refractivity contribution in [3.63, 3.8) is 0 Å². The maximum absolute atomic E-state index is 11.9. The molecule has 2 rings (SSSR count). The van der Waals surface area contributed by atoms with Crippen molar-refractivity contribution in [2.45, 2.75) is 20.0 Å². The van der Waals surface area contributed by atoms with Gasteiger partial charge in [0.05, 0.1) is 18.1 Å². The highest BCUT2D eigenvalue weighted by Gasteiger charge is 2.27. The molecule has 2 amide bonds. The van der Waals surface area contributed by atoms with Crippen LogP contribution in [-0.2, 0) is 9.59 Å². The summed E-state index contributed by atoms with van der Waals surface area (Å²) in [7, 11) is 1.33. The first-order valence-corrected chi connectivity index (χ1v) is 7.55. The van der Waals surface area contributed by atoms with Crippen molar-refractivity contribution in [3.05, 3.63) is 33.4 Å². The Labute approximate surface area is 148 Å². The summed E-state index contributed by atoms with van der Waals surface area (Å²) in [4.78, 5) is 34.5. The van der Waals surface area contributed by atoms with Crippen LogP contribution in [0.4, 0.5) is 5.69 Å². The highest BCUT2D eigenvalue weighted by molar-refractivity contribution is 7.80. The summed E-state index contributed by atoms with van der Waals surface area (Å²) >= 11 is 4.71. The van der Waals surface area contributed by atoms with Crippen LogP contribution in [0, 0.1) is 10.1 Å². The van der Waals surface area contributed by atoms with Crippen molar-refractivity contribution in [2.24, 2.45) is 0 Å². The number of amides is 2. The Hall–Kier alpha value is -3.01. The van der Waals surface area contributed by atoms with Crippen LogP contribution in [0.15, 0.2) is 17.7 Å². The van der Waals surface area contributed by atoms with Crippen molar-refractivity contribution >= 4 is 40.9 Å². The first kappa shape index (κ1) is 18.3. The van der Waals surface area contributed by atoms with Crippen molar-refractivity contribution in [3.8, 4) is 11.5 Å². The molecule has 9 nitrogen and oxygen atoms in total. The van der Waals surface area contributed by atoms with Crippen molar-refractivity contribution in [1.29, 1.82) is 0 Å². The highest BCUT2D eigenvalue weighted by atomic mass is 32.1. The van der Waals surface area contributed by atoms with Crippen LogP contribution >= 0.6 is 12.2 Å². The number of nitro benzene ring substituents is 1. The normalized spacial score (nSPS) is 14.1. The summed E-state index contributed by atoms with van der Waals surface area (Å²) in [5.41, 5.74) is -0.345. The molecule has 0 saturated carbocycles. The van der Waals surface area contributed by atoms with E-state index in [0.29, 0.717) is 0 Å². The maximum atomic E-state index is 11.9. The zero-order valence-electron chi connectivity index (χ0n) is 13.6. The standard InChI is InChI=1S/C15H15N3O6S/c1-7(2)24-12-10(18(21)22)5-8(6-11(12)23-3)4-9-13(19)16-15(25)17-14(9)20/h4-7H,1-3H3,(H2,16,17,19,20,25). The number of hydrogen-bond donors (Lipinski definition) is 2. The predicted molar refractivity (Wildman–Crippen MR) is 92.3 cm³/mol. The Morgan fingerprint density at radius 1 is 1.24 bits per heavy atom. The number of nitrogens with one attached hydrogen (secondary N) is 2. The first-order chi connectivity index (χ1) is 11.7. The van der Waals surface area contributed by atoms with Gasteiger partial charge in [0.25, 0.3) is 11.8 Å². The highest BCUT2D eigenvalue weighted by Crippen LogP contribution is 2.39. The van der Waals surface area contributed by atoms with E-state index in [2.05, 4.69) is 10.6 Å². The van der Waals surface area contributed by atoms with Gasteiger partial charge in [-0.3, -0.25) is 30.3 Å².